The minimum absolute atomic E-state index is 0.0458. The van der Waals surface area contributed by atoms with Crippen LogP contribution in [0.15, 0.2) is 69.0 Å². The topological polar surface area (TPSA) is 101 Å². The molecule has 4 rings (SSSR count). The first-order valence-corrected chi connectivity index (χ1v) is 9.51. The van der Waals surface area contributed by atoms with E-state index in [0.717, 1.165) is 0 Å². The number of hydrogen-bond acceptors (Lipinski definition) is 7. The van der Waals surface area contributed by atoms with Crippen molar-refractivity contribution in [1.82, 2.24) is 19.3 Å². The number of ether oxygens (including phenoxy) is 2. The molecule has 0 saturated carbocycles. The van der Waals surface area contributed by atoms with Crippen molar-refractivity contribution in [3.8, 4) is 28.6 Å². The van der Waals surface area contributed by atoms with Gasteiger partial charge in [0, 0.05) is 28.7 Å². The number of nitrogens with zero attached hydrogens (tertiary/aromatic N) is 4. The summed E-state index contributed by atoms with van der Waals surface area (Å²) in [7, 11) is 3.07. The van der Waals surface area contributed by atoms with E-state index in [2.05, 4.69) is 10.1 Å². The van der Waals surface area contributed by atoms with Crippen LogP contribution in [0.2, 0.25) is 5.02 Å². The van der Waals surface area contributed by atoms with Gasteiger partial charge in [-0.15, -0.1) is 0 Å². The summed E-state index contributed by atoms with van der Waals surface area (Å²) in [4.78, 5) is 29.4. The Hall–Kier alpha value is -3.85. The van der Waals surface area contributed by atoms with E-state index in [9.17, 15) is 9.59 Å². The molecule has 0 bridgehead atoms. The molecule has 10 heteroatoms. The van der Waals surface area contributed by atoms with Gasteiger partial charge in [0.25, 0.3) is 0 Å². The third-order valence-electron chi connectivity index (χ3n) is 4.58. The third-order valence-corrected chi connectivity index (χ3v) is 4.83. The average molecular weight is 441 g/mol. The van der Waals surface area contributed by atoms with Crippen LogP contribution >= 0.6 is 11.6 Å². The molecule has 9 nitrogen and oxygen atoms in total. The number of hydrogen-bond donors (Lipinski definition) is 0. The van der Waals surface area contributed by atoms with Gasteiger partial charge in [-0.25, -0.2) is 0 Å². The van der Waals surface area contributed by atoms with E-state index >= 15 is 0 Å². The molecule has 0 fully saturated rings. The molecule has 0 saturated heterocycles. The van der Waals surface area contributed by atoms with Gasteiger partial charge in [0.1, 0.15) is 6.54 Å². The molecule has 0 atom stereocenters. The molecule has 0 aliphatic carbocycles. The number of methoxy groups -OCH3 is 2. The van der Waals surface area contributed by atoms with Crippen LogP contribution in [0.1, 0.15) is 5.89 Å². The molecule has 2 heterocycles. The molecule has 0 radical (unpaired) electrons. The van der Waals surface area contributed by atoms with Gasteiger partial charge in [-0.2, -0.15) is 4.98 Å². The fourth-order valence-electron chi connectivity index (χ4n) is 3.00. The zero-order valence-corrected chi connectivity index (χ0v) is 17.4. The van der Waals surface area contributed by atoms with Crippen molar-refractivity contribution in [3.63, 3.8) is 0 Å². The van der Waals surface area contributed by atoms with Gasteiger partial charge >= 0.3 is 11.1 Å². The maximum absolute atomic E-state index is 12.5. The summed E-state index contributed by atoms with van der Waals surface area (Å²) in [6.07, 6.45) is 2.98. The Morgan fingerprint density at radius 2 is 1.71 bits per heavy atom. The van der Waals surface area contributed by atoms with Crippen molar-refractivity contribution in [2.75, 3.05) is 14.2 Å². The summed E-state index contributed by atoms with van der Waals surface area (Å²) in [6, 6.07) is 11.8. The molecule has 0 aliphatic heterocycles. The number of rotatable bonds is 6. The van der Waals surface area contributed by atoms with Crippen LogP contribution in [0.5, 0.6) is 11.5 Å². The van der Waals surface area contributed by atoms with Crippen LogP contribution in [-0.2, 0) is 6.54 Å². The largest absolute Gasteiger partial charge is 0.493 e. The van der Waals surface area contributed by atoms with Gasteiger partial charge in [0.05, 0.1) is 14.2 Å². The zero-order valence-electron chi connectivity index (χ0n) is 16.6. The summed E-state index contributed by atoms with van der Waals surface area (Å²) in [6.45, 7) is -0.0458. The lowest BCUT2D eigenvalue weighted by Gasteiger charge is -2.08. The molecular weight excluding hydrogens is 424 g/mol. The maximum atomic E-state index is 12.5. The predicted molar refractivity (Wildman–Crippen MR) is 113 cm³/mol. The summed E-state index contributed by atoms with van der Waals surface area (Å²) < 4.78 is 18.2. The Kier molecular flexibility index (Phi) is 5.59. The van der Waals surface area contributed by atoms with E-state index in [4.69, 9.17) is 25.6 Å². The molecule has 0 spiro atoms. The van der Waals surface area contributed by atoms with Gasteiger partial charge in [-0.1, -0.05) is 16.8 Å². The summed E-state index contributed by atoms with van der Waals surface area (Å²) in [5, 5.41) is 4.48. The van der Waals surface area contributed by atoms with Crippen molar-refractivity contribution in [2.45, 2.75) is 6.54 Å². The van der Waals surface area contributed by atoms with E-state index in [0.29, 0.717) is 33.6 Å². The Morgan fingerprint density at radius 3 is 2.42 bits per heavy atom. The lowest BCUT2D eigenvalue weighted by Crippen LogP contribution is -2.40. The highest BCUT2D eigenvalue weighted by molar-refractivity contribution is 6.30. The van der Waals surface area contributed by atoms with Gasteiger partial charge in [-0.3, -0.25) is 18.7 Å². The van der Waals surface area contributed by atoms with E-state index in [1.54, 1.807) is 49.6 Å². The molecular formula is C21H17ClN4O5. The summed E-state index contributed by atoms with van der Waals surface area (Å²) in [5.41, 5.74) is -0.238. The number of aromatic nitrogens is 4. The number of benzene rings is 2. The minimum Gasteiger partial charge on any atom is -0.493 e. The van der Waals surface area contributed by atoms with Gasteiger partial charge < -0.3 is 14.0 Å². The molecule has 4 aromatic rings. The average Bonchev–Trinajstić information content (AvgIpc) is 3.26. The van der Waals surface area contributed by atoms with E-state index in [1.807, 2.05) is 0 Å². The van der Waals surface area contributed by atoms with Crippen molar-refractivity contribution in [2.24, 2.45) is 0 Å². The molecule has 0 unspecified atom stereocenters. The van der Waals surface area contributed by atoms with Crippen molar-refractivity contribution < 1.29 is 14.0 Å². The Bertz CT molecular complexity index is 1340. The van der Waals surface area contributed by atoms with Gasteiger partial charge in [0.2, 0.25) is 11.7 Å². The molecule has 2 aromatic carbocycles. The van der Waals surface area contributed by atoms with Crippen LogP contribution in [0, 0.1) is 0 Å². The van der Waals surface area contributed by atoms with Crippen LogP contribution in [-0.4, -0.2) is 33.5 Å². The Labute approximate surface area is 181 Å². The lowest BCUT2D eigenvalue weighted by atomic mass is 10.2. The highest BCUT2D eigenvalue weighted by Gasteiger charge is 2.14. The highest BCUT2D eigenvalue weighted by atomic mass is 35.5. The quantitative estimate of drug-likeness (QED) is 0.425. The first-order valence-electron chi connectivity index (χ1n) is 9.13. The van der Waals surface area contributed by atoms with E-state index < -0.39 is 11.1 Å². The molecule has 2 aromatic heterocycles. The second kappa shape index (κ2) is 8.49. The van der Waals surface area contributed by atoms with Crippen molar-refractivity contribution in [1.29, 1.82) is 0 Å². The molecule has 31 heavy (non-hydrogen) atoms. The van der Waals surface area contributed by atoms with Crippen molar-refractivity contribution in [3.05, 3.63) is 86.5 Å². The lowest BCUT2D eigenvalue weighted by molar-refractivity contribution is 0.355. The van der Waals surface area contributed by atoms with Crippen LogP contribution < -0.4 is 20.6 Å². The first-order chi connectivity index (χ1) is 15.0. The predicted octanol–water partition coefficient (Wildman–Crippen LogP) is 2.77. The monoisotopic (exact) mass is 440 g/mol. The smallest absolute Gasteiger partial charge is 0.320 e. The Balaban J connectivity index is 1.60. The second-order valence-electron chi connectivity index (χ2n) is 6.46. The molecule has 0 amide bonds. The fourth-order valence-corrected chi connectivity index (χ4v) is 3.12. The second-order valence-corrected chi connectivity index (χ2v) is 6.90. The van der Waals surface area contributed by atoms with E-state index in [-0.39, 0.29) is 12.4 Å². The zero-order chi connectivity index (χ0) is 22.0. The van der Waals surface area contributed by atoms with Gasteiger partial charge in [-0.05, 0) is 42.5 Å². The van der Waals surface area contributed by atoms with Crippen LogP contribution in [0.3, 0.4) is 0 Å². The molecule has 158 valence electrons. The summed E-state index contributed by atoms with van der Waals surface area (Å²) >= 11 is 5.87. The summed E-state index contributed by atoms with van der Waals surface area (Å²) in [5.74, 6) is 1.59. The SMILES string of the molecule is COc1ccc(-c2noc(Cn3ccn(-c4ccc(Cl)cc4)c(=O)c3=O)n2)cc1OC. The van der Waals surface area contributed by atoms with Crippen LogP contribution in [0.25, 0.3) is 17.1 Å². The van der Waals surface area contributed by atoms with Crippen LogP contribution in [0.4, 0.5) is 0 Å². The number of halogens is 1. The first kappa shape index (κ1) is 20.4. The minimum atomic E-state index is -0.719. The third kappa shape index (κ3) is 4.08. The molecule has 0 aliphatic rings. The van der Waals surface area contributed by atoms with Crippen molar-refractivity contribution >= 4 is 11.6 Å². The van der Waals surface area contributed by atoms with Gasteiger partial charge in [0.15, 0.2) is 11.5 Å². The standard InChI is InChI=1S/C21H17ClN4O5/c1-29-16-8-3-13(11-17(16)30-2)19-23-18(31-24-19)12-25-9-10-26(21(28)20(25)27)15-6-4-14(22)5-7-15/h3-11H,12H2,1-2H3. The Morgan fingerprint density at radius 1 is 0.968 bits per heavy atom. The highest BCUT2D eigenvalue weighted by Crippen LogP contribution is 2.31. The van der Waals surface area contributed by atoms with E-state index in [1.165, 1.54) is 28.6 Å². The normalized spacial score (nSPS) is 10.8. The fraction of sp³-hybridized carbons (Fsp3) is 0.143. The maximum Gasteiger partial charge on any atom is 0.320 e. The molecule has 0 N–H and O–H groups in total.